The Morgan fingerprint density at radius 2 is 1.79 bits per heavy atom. The van der Waals surface area contributed by atoms with Crippen molar-refractivity contribution in [2.24, 2.45) is 5.92 Å². The summed E-state index contributed by atoms with van der Waals surface area (Å²) in [5.74, 6) is -0.379. The number of hydrogen-bond acceptors (Lipinski definition) is 4. The fourth-order valence-electron chi connectivity index (χ4n) is 2.81. The molecule has 1 heterocycles. The molecule has 0 radical (unpaired) electrons. The first-order valence-electron chi connectivity index (χ1n) is 8.67. The van der Waals surface area contributed by atoms with Crippen molar-refractivity contribution in [2.45, 2.75) is 46.1 Å². The molecule has 1 rings (SSSR count). The van der Waals surface area contributed by atoms with Crippen molar-refractivity contribution in [2.75, 3.05) is 39.8 Å². The highest BCUT2D eigenvalue weighted by atomic mass is 16.5. The van der Waals surface area contributed by atoms with E-state index in [4.69, 9.17) is 4.74 Å². The zero-order valence-electron chi connectivity index (χ0n) is 15.6. The van der Waals surface area contributed by atoms with Crippen LogP contribution in [0.2, 0.25) is 0 Å². The highest BCUT2D eigenvalue weighted by molar-refractivity contribution is 5.85. The first-order valence-corrected chi connectivity index (χ1v) is 8.67. The van der Waals surface area contributed by atoms with Gasteiger partial charge in [0.05, 0.1) is 32.2 Å². The Labute approximate surface area is 144 Å². The van der Waals surface area contributed by atoms with E-state index in [-0.39, 0.29) is 35.8 Å². The number of likely N-dealkylation sites (tertiary alicyclic amines) is 1. The number of amides is 2. The van der Waals surface area contributed by atoms with Gasteiger partial charge in [0.25, 0.3) is 5.91 Å². The van der Waals surface area contributed by atoms with Crippen LogP contribution in [0.4, 0.5) is 0 Å². The average Bonchev–Trinajstić information content (AvgIpc) is 2.46. The third-order valence-electron chi connectivity index (χ3n) is 4.03. The second-order valence-electron chi connectivity index (χ2n) is 7.50. The summed E-state index contributed by atoms with van der Waals surface area (Å²) in [6.45, 7) is 9.91. The van der Waals surface area contributed by atoms with Crippen LogP contribution in [-0.2, 0) is 19.1 Å². The van der Waals surface area contributed by atoms with Gasteiger partial charge in [-0.15, -0.1) is 0 Å². The third-order valence-corrected chi connectivity index (χ3v) is 4.03. The van der Waals surface area contributed by atoms with Crippen molar-refractivity contribution in [1.82, 2.24) is 10.2 Å². The van der Waals surface area contributed by atoms with E-state index < -0.39 is 0 Å². The number of carbonyl (C=O) groups is 3. The number of hydrogen-bond donors (Lipinski definition) is 2. The van der Waals surface area contributed by atoms with Gasteiger partial charge >= 0.3 is 5.97 Å². The molecule has 7 heteroatoms. The van der Waals surface area contributed by atoms with E-state index in [1.807, 2.05) is 27.7 Å². The Balaban J connectivity index is 2.35. The molecule has 2 amide bonds. The number of nitrogens with zero attached hydrogens (tertiary/aromatic N) is 1. The van der Waals surface area contributed by atoms with Crippen LogP contribution in [0.1, 0.15) is 40.5 Å². The van der Waals surface area contributed by atoms with Crippen molar-refractivity contribution in [3.05, 3.63) is 0 Å². The maximum atomic E-state index is 12.3. The van der Waals surface area contributed by atoms with Gasteiger partial charge in [-0.3, -0.25) is 14.4 Å². The molecule has 0 atom stereocenters. The molecule has 0 aromatic carbocycles. The maximum absolute atomic E-state index is 12.3. The summed E-state index contributed by atoms with van der Waals surface area (Å²) in [4.78, 5) is 38.5. The quantitative estimate of drug-likeness (QED) is 0.621. The number of nitrogens with one attached hydrogen (secondary N) is 2. The van der Waals surface area contributed by atoms with E-state index in [0.717, 1.165) is 30.8 Å². The van der Waals surface area contributed by atoms with Crippen LogP contribution in [0, 0.1) is 5.92 Å². The monoisotopic (exact) mass is 342 g/mol. The normalized spacial score (nSPS) is 21.0. The molecule has 0 aliphatic carbocycles. The van der Waals surface area contributed by atoms with Crippen LogP contribution >= 0.6 is 0 Å². The first-order chi connectivity index (χ1) is 11.1. The van der Waals surface area contributed by atoms with Crippen molar-refractivity contribution < 1.29 is 24.0 Å². The van der Waals surface area contributed by atoms with Crippen molar-refractivity contribution in [3.8, 4) is 0 Å². The molecule has 0 bridgehead atoms. The van der Waals surface area contributed by atoms with Gasteiger partial charge in [0.15, 0.2) is 6.54 Å². The zero-order valence-corrected chi connectivity index (χ0v) is 15.6. The molecular formula is C17H32N3O4+. The van der Waals surface area contributed by atoms with Gasteiger partial charge in [0.2, 0.25) is 5.91 Å². The van der Waals surface area contributed by atoms with Crippen molar-refractivity contribution in [1.29, 1.82) is 0 Å². The number of quaternary nitrogens is 1. The minimum Gasteiger partial charge on any atom is -0.466 e. The van der Waals surface area contributed by atoms with E-state index in [9.17, 15) is 14.4 Å². The lowest BCUT2D eigenvalue weighted by molar-refractivity contribution is -0.898. The van der Waals surface area contributed by atoms with Crippen molar-refractivity contribution >= 4 is 17.8 Å². The number of esters is 1. The van der Waals surface area contributed by atoms with Gasteiger partial charge in [0, 0.05) is 25.4 Å². The minimum atomic E-state index is -0.304. The van der Waals surface area contributed by atoms with E-state index >= 15 is 0 Å². The lowest BCUT2D eigenvalue weighted by Crippen LogP contribution is -3.14. The molecule has 1 aliphatic heterocycles. The number of rotatable bonds is 6. The van der Waals surface area contributed by atoms with Gasteiger partial charge in [0.1, 0.15) is 0 Å². The minimum absolute atomic E-state index is 0.0425. The molecule has 7 nitrogen and oxygen atoms in total. The summed E-state index contributed by atoms with van der Waals surface area (Å²) < 4.78 is 5.05. The van der Waals surface area contributed by atoms with Gasteiger partial charge < -0.3 is 19.9 Å². The summed E-state index contributed by atoms with van der Waals surface area (Å²) >= 11 is 0. The van der Waals surface area contributed by atoms with Crippen LogP contribution in [0.15, 0.2) is 0 Å². The molecule has 24 heavy (non-hydrogen) atoms. The molecule has 1 saturated heterocycles. The third kappa shape index (κ3) is 7.29. The fraction of sp³-hybridized carbons (Fsp3) is 0.824. The highest BCUT2D eigenvalue weighted by Gasteiger charge is 2.30. The number of likely N-dealkylation sites (N-methyl/N-ethyl adjacent to an activating group) is 1. The van der Waals surface area contributed by atoms with Crippen LogP contribution < -0.4 is 10.2 Å². The Morgan fingerprint density at radius 1 is 1.21 bits per heavy atom. The summed E-state index contributed by atoms with van der Waals surface area (Å²) in [5.41, 5.74) is -0.304. The molecule has 0 aromatic rings. The smallest absolute Gasteiger partial charge is 0.309 e. The summed E-state index contributed by atoms with van der Waals surface area (Å²) in [5, 5.41) is 2.85. The van der Waals surface area contributed by atoms with Gasteiger partial charge in [-0.05, 0) is 27.7 Å². The van der Waals surface area contributed by atoms with Crippen LogP contribution in [0.3, 0.4) is 0 Å². The number of carbonyl (C=O) groups excluding carboxylic acids is 3. The Kier molecular flexibility index (Phi) is 7.66. The molecule has 0 saturated carbocycles. The van der Waals surface area contributed by atoms with Crippen LogP contribution in [0.25, 0.3) is 0 Å². The average molecular weight is 342 g/mol. The highest BCUT2D eigenvalue weighted by Crippen LogP contribution is 2.11. The summed E-state index contributed by atoms with van der Waals surface area (Å²) in [6, 6.07) is 0. The van der Waals surface area contributed by atoms with E-state index in [0.29, 0.717) is 13.2 Å². The summed E-state index contributed by atoms with van der Waals surface area (Å²) in [7, 11) is 1.65. The topological polar surface area (TPSA) is 80.2 Å². The molecule has 0 aromatic heterocycles. The Hall–Kier alpha value is -1.63. The van der Waals surface area contributed by atoms with E-state index in [1.165, 1.54) is 4.90 Å². The predicted molar refractivity (Wildman–Crippen MR) is 90.5 cm³/mol. The number of ether oxygens (including phenoxy) is 1. The molecule has 1 aliphatic rings. The lowest BCUT2D eigenvalue weighted by atomic mass is 9.97. The fourth-order valence-corrected chi connectivity index (χ4v) is 2.81. The second-order valence-corrected chi connectivity index (χ2v) is 7.50. The standard InChI is InChI=1S/C17H31N3O4/c1-6-24-16(23)13-7-9-20(10-8-13)12-15(22)19(5)11-14(21)18-17(2,3)4/h13H,6-12H2,1-5H3,(H,18,21)/p+1. The molecule has 2 N–H and O–H groups in total. The van der Waals surface area contributed by atoms with Crippen molar-refractivity contribution in [3.63, 3.8) is 0 Å². The first kappa shape index (κ1) is 20.4. The maximum Gasteiger partial charge on any atom is 0.309 e. The van der Waals surface area contributed by atoms with Crippen LogP contribution in [0.5, 0.6) is 0 Å². The van der Waals surface area contributed by atoms with Gasteiger partial charge in [-0.1, -0.05) is 0 Å². The zero-order chi connectivity index (χ0) is 18.3. The molecular weight excluding hydrogens is 310 g/mol. The Morgan fingerprint density at radius 3 is 2.29 bits per heavy atom. The Bertz CT molecular complexity index is 451. The van der Waals surface area contributed by atoms with E-state index in [1.54, 1.807) is 7.05 Å². The lowest BCUT2D eigenvalue weighted by Gasteiger charge is -2.29. The van der Waals surface area contributed by atoms with Gasteiger partial charge in [-0.25, -0.2) is 0 Å². The van der Waals surface area contributed by atoms with Crippen LogP contribution in [-0.4, -0.2) is 68.1 Å². The van der Waals surface area contributed by atoms with E-state index in [2.05, 4.69) is 5.32 Å². The predicted octanol–water partition coefficient (Wildman–Crippen LogP) is -0.782. The SMILES string of the molecule is CCOC(=O)C1CC[NH+](CC(=O)N(C)CC(=O)NC(C)(C)C)CC1. The molecule has 1 fully saturated rings. The van der Waals surface area contributed by atoms with Gasteiger partial charge in [-0.2, -0.15) is 0 Å². The molecule has 138 valence electrons. The molecule has 0 spiro atoms. The molecule has 0 unspecified atom stereocenters. The second kappa shape index (κ2) is 9.01. The summed E-state index contributed by atoms with van der Waals surface area (Å²) in [6.07, 6.45) is 1.49. The largest absolute Gasteiger partial charge is 0.466 e. The number of piperidine rings is 1.